The van der Waals surface area contributed by atoms with Crippen LogP contribution in [-0.2, 0) is 5.41 Å². The topological polar surface area (TPSA) is 0 Å². The predicted molar refractivity (Wildman–Crippen MR) is 94.8 cm³/mol. The van der Waals surface area contributed by atoms with E-state index >= 15 is 0 Å². The van der Waals surface area contributed by atoms with Crippen LogP contribution in [0.1, 0.15) is 24.0 Å². The Morgan fingerprint density at radius 2 is 1.09 bits per heavy atom. The van der Waals surface area contributed by atoms with Gasteiger partial charge in [0.15, 0.2) is 0 Å². The number of rotatable bonds is 2. The van der Waals surface area contributed by atoms with Crippen LogP contribution in [0.25, 0.3) is 0 Å². The fraction of sp³-hybridized carbons (Fsp3) is 0.368. The van der Waals surface area contributed by atoms with E-state index in [9.17, 15) is 0 Å². The van der Waals surface area contributed by atoms with Gasteiger partial charge in [0.25, 0.3) is 0 Å². The Morgan fingerprint density at radius 3 is 1.45 bits per heavy atom. The number of nitrogens with zero attached hydrogens (tertiary/aromatic N) is 1. The Balaban J connectivity index is 2.06. The molecule has 116 valence electrons. The van der Waals surface area contributed by atoms with Crippen molar-refractivity contribution < 1.29 is 4.48 Å². The van der Waals surface area contributed by atoms with Crippen LogP contribution < -0.4 is 0 Å². The molecule has 0 aromatic heterocycles. The van der Waals surface area contributed by atoms with Crippen LogP contribution in [0.2, 0.25) is 10.0 Å². The van der Waals surface area contributed by atoms with Crippen LogP contribution in [0, 0.1) is 0 Å². The first-order valence-corrected chi connectivity index (χ1v) is 8.51. The lowest BCUT2D eigenvalue weighted by atomic mass is 9.68. The van der Waals surface area contributed by atoms with Gasteiger partial charge in [-0.25, -0.2) is 0 Å². The van der Waals surface area contributed by atoms with Crippen molar-refractivity contribution >= 4 is 23.2 Å². The van der Waals surface area contributed by atoms with Crippen LogP contribution >= 0.6 is 23.2 Å². The van der Waals surface area contributed by atoms with E-state index in [0.717, 1.165) is 27.4 Å². The van der Waals surface area contributed by atoms with Crippen LogP contribution in [0.5, 0.6) is 0 Å². The van der Waals surface area contributed by atoms with Crippen molar-refractivity contribution in [2.75, 3.05) is 27.2 Å². The Kier molecular flexibility index (Phi) is 4.24. The minimum atomic E-state index is 0.0724. The van der Waals surface area contributed by atoms with Gasteiger partial charge in [-0.2, -0.15) is 0 Å². The minimum Gasteiger partial charge on any atom is -0.328 e. The zero-order chi connectivity index (χ0) is 15.8. The molecule has 2 aromatic rings. The monoisotopic (exact) mass is 334 g/mol. The fourth-order valence-corrected chi connectivity index (χ4v) is 3.76. The van der Waals surface area contributed by atoms with E-state index < -0.39 is 0 Å². The Bertz CT molecular complexity index is 587. The summed E-state index contributed by atoms with van der Waals surface area (Å²) < 4.78 is 1.09. The number of likely N-dealkylation sites (tertiary alicyclic amines) is 1. The van der Waals surface area contributed by atoms with E-state index in [4.69, 9.17) is 23.2 Å². The van der Waals surface area contributed by atoms with Crippen molar-refractivity contribution in [3.05, 3.63) is 69.7 Å². The molecule has 1 nitrogen and oxygen atoms in total. The van der Waals surface area contributed by atoms with Crippen molar-refractivity contribution in [2.45, 2.75) is 18.3 Å². The van der Waals surface area contributed by atoms with Crippen molar-refractivity contribution in [1.82, 2.24) is 0 Å². The highest BCUT2D eigenvalue weighted by Gasteiger charge is 2.41. The smallest absolute Gasteiger partial charge is 0.0794 e. The van der Waals surface area contributed by atoms with Crippen LogP contribution in [0.4, 0.5) is 0 Å². The van der Waals surface area contributed by atoms with Crippen molar-refractivity contribution in [1.29, 1.82) is 0 Å². The van der Waals surface area contributed by atoms with Crippen molar-refractivity contribution in [3.63, 3.8) is 0 Å². The van der Waals surface area contributed by atoms with E-state index in [-0.39, 0.29) is 5.41 Å². The molecule has 0 bridgehead atoms. The Labute approximate surface area is 143 Å². The summed E-state index contributed by atoms with van der Waals surface area (Å²) in [5.74, 6) is 0. The first-order valence-electron chi connectivity index (χ1n) is 7.75. The van der Waals surface area contributed by atoms with Gasteiger partial charge in [-0.3, -0.25) is 0 Å². The standard InChI is InChI=1S/C19H22Cl2N/c1-22(2)13-11-19(12-14-22,15-3-7-17(20)8-4-15)16-5-9-18(21)10-6-16/h3-10H,11-14H2,1-2H3/q+1. The molecule has 1 fully saturated rings. The maximum absolute atomic E-state index is 6.09. The van der Waals surface area contributed by atoms with Gasteiger partial charge in [0.05, 0.1) is 27.2 Å². The second kappa shape index (κ2) is 5.88. The summed E-state index contributed by atoms with van der Waals surface area (Å²) in [5.41, 5.74) is 2.79. The second-order valence-electron chi connectivity index (χ2n) is 6.98. The van der Waals surface area contributed by atoms with Crippen LogP contribution in [-0.4, -0.2) is 31.7 Å². The number of halogens is 2. The van der Waals surface area contributed by atoms with Crippen molar-refractivity contribution in [3.8, 4) is 0 Å². The summed E-state index contributed by atoms with van der Waals surface area (Å²) >= 11 is 12.2. The van der Waals surface area contributed by atoms with Gasteiger partial charge in [-0.1, -0.05) is 47.5 Å². The molecule has 1 aliphatic heterocycles. The highest BCUT2D eigenvalue weighted by molar-refractivity contribution is 6.30. The lowest BCUT2D eigenvalue weighted by molar-refractivity contribution is -0.896. The van der Waals surface area contributed by atoms with Crippen LogP contribution in [0.15, 0.2) is 48.5 Å². The molecule has 2 aromatic carbocycles. The molecule has 0 amide bonds. The highest BCUT2D eigenvalue weighted by Crippen LogP contribution is 2.43. The molecular formula is C19H22Cl2N+. The summed E-state index contributed by atoms with van der Waals surface area (Å²) in [6.45, 7) is 2.34. The molecule has 3 heteroatoms. The summed E-state index contributed by atoms with van der Waals surface area (Å²) in [6, 6.07) is 16.7. The van der Waals surface area contributed by atoms with Gasteiger partial charge in [-0.05, 0) is 35.4 Å². The first kappa shape index (κ1) is 15.9. The van der Waals surface area contributed by atoms with Crippen LogP contribution in [0.3, 0.4) is 0 Å². The minimum absolute atomic E-state index is 0.0724. The third-order valence-corrected chi connectivity index (χ3v) is 5.59. The number of benzene rings is 2. The van der Waals surface area contributed by atoms with Gasteiger partial charge < -0.3 is 4.48 Å². The van der Waals surface area contributed by atoms with E-state index in [1.54, 1.807) is 0 Å². The highest BCUT2D eigenvalue weighted by atomic mass is 35.5. The maximum atomic E-state index is 6.09. The number of hydrogen-bond acceptors (Lipinski definition) is 0. The average molecular weight is 335 g/mol. The van der Waals surface area contributed by atoms with E-state index in [2.05, 4.69) is 38.4 Å². The molecule has 0 spiro atoms. The summed E-state index contributed by atoms with van der Waals surface area (Å²) in [5, 5.41) is 1.59. The fourth-order valence-electron chi connectivity index (χ4n) is 3.51. The maximum Gasteiger partial charge on any atom is 0.0794 e. The first-order chi connectivity index (χ1) is 10.4. The molecule has 0 saturated carbocycles. The Hall–Kier alpha value is -1.02. The van der Waals surface area contributed by atoms with E-state index in [1.807, 2.05) is 24.3 Å². The number of hydrogen-bond donors (Lipinski definition) is 0. The third kappa shape index (κ3) is 3.03. The summed E-state index contributed by atoms with van der Waals surface area (Å²) in [7, 11) is 4.63. The molecule has 1 saturated heterocycles. The zero-order valence-corrected chi connectivity index (χ0v) is 14.7. The molecule has 0 unspecified atom stereocenters. The predicted octanol–water partition coefficient (Wildman–Crippen LogP) is 5.15. The quantitative estimate of drug-likeness (QED) is 0.666. The molecule has 1 aliphatic rings. The second-order valence-corrected chi connectivity index (χ2v) is 7.85. The zero-order valence-electron chi connectivity index (χ0n) is 13.2. The lowest BCUT2D eigenvalue weighted by Crippen LogP contribution is -2.51. The SMILES string of the molecule is C[N+]1(C)CCC(c2ccc(Cl)cc2)(c2ccc(Cl)cc2)CC1. The number of quaternary nitrogens is 1. The molecule has 0 aliphatic carbocycles. The molecule has 0 N–H and O–H groups in total. The Morgan fingerprint density at radius 1 is 0.727 bits per heavy atom. The molecule has 0 radical (unpaired) electrons. The summed E-state index contributed by atoms with van der Waals surface area (Å²) in [4.78, 5) is 0. The van der Waals surface area contributed by atoms with Gasteiger partial charge >= 0.3 is 0 Å². The molecular weight excluding hydrogens is 313 g/mol. The molecule has 1 heterocycles. The van der Waals surface area contributed by atoms with E-state index in [0.29, 0.717) is 0 Å². The largest absolute Gasteiger partial charge is 0.328 e. The lowest BCUT2D eigenvalue weighted by Gasteiger charge is -2.45. The van der Waals surface area contributed by atoms with Crippen molar-refractivity contribution in [2.24, 2.45) is 0 Å². The van der Waals surface area contributed by atoms with Gasteiger partial charge in [-0.15, -0.1) is 0 Å². The molecule has 0 atom stereocenters. The number of piperidine rings is 1. The molecule has 22 heavy (non-hydrogen) atoms. The summed E-state index contributed by atoms with van der Waals surface area (Å²) in [6.07, 6.45) is 2.28. The van der Waals surface area contributed by atoms with E-state index in [1.165, 1.54) is 24.2 Å². The van der Waals surface area contributed by atoms with Gasteiger partial charge in [0.1, 0.15) is 0 Å². The molecule has 3 rings (SSSR count). The average Bonchev–Trinajstić information content (AvgIpc) is 2.50. The third-order valence-electron chi connectivity index (χ3n) is 5.08. The normalized spacial score (nSPS) is 19.8. The van der Waals surface area contributed by atoms with Gasteiger partial charge in [0.2, 0.25) is 0 Å². The van der Waals surface area contributed by atoms with Gasteiger partial charge in [0, 0.05) is 28.3 Å².